The van der Waals surface area contributed by atoms with Crippen LogP contribution in [0.4, 0.5) is 0 Å². The van der Waals surface area contributed by atoms with Gasteiger partial charge < -0.3 is 4.90 Å². The number of aromatic nitrogens is 1. The third-order valence-corrected chi connectivity index (χ3v) is 3.75. The summed E-state index contributed by atoms with van der Waals surface area (Å²) in [6.07, 6.45) is 1.75. The summed E-state index contributed by atoms with van der Waals surface area (Å²) in [6.45, 7) is 3.18. The summed E-state index contributed by atoms with van der Waals surface area (Å²) in [4.78, 5) is 18.5. The molecular formula is C16H17BrN2O. The fourth-order valence-corrected chi connectivity index (χ4v) is 2.31. The number of carbonyl (C=O) groups excluding carboxylic acids is 1. The summed E-state index contributed by atoms with van der Waals surface area (Å²) in [5, 5.41) is 0.799. The third kappa shape index (κ3) is 3.67. The molecule has 0 N–H and O–H groups in total. The molecule has 0 aliphatic heterocycles. The number of hydrogen-bond donors (Lipinski definition) is 0. The van der Waals surface area contributed by atoms with E-state index < -0.39 is 0 Å². The molecule has 0 saturated heterocycles. The van der Waals surface area contributed by atoms with E-state index in [9.17, 15) is 4.79 Å². The number of alkyl halides is 1. The van der Waals surface area contributed by atoms with Crippen LogP contribution in [0.15, 0.2) is 48.7 Å². The Morgan fingerprint density at radius 1 is 1.20 bits per heavy atom. The van der Waals surface area contributed by atoms with Crippen LogP contribution in [0.25, 0.3) is 0 Å². The van der Waals surface area contributed by atoms with Crippen molar-refractivity contribution in [2.75, 3.05) is 6.54 Å². The van der Waals surface area contributed by atoms with Gasteiger partial charge in [0, 0.05) is 23.6 Å². The first-order chi connectivity index (χ1) is 9.74. The van der Waals surface area contributed by atoms with Crippen LogP contribution in [0.1, 0.15) is 28.5 Å². The zero-order valence-corrected chi connectivity index (χ0v) is 13.0. The summed E-state index contributed by atoms with van der Waals surface area (Å²) in [5.74, 6) is 0.0410. The van der Waals surface area contributed by atoms with E-state index in [0.29, 0.717) is 18.7 Å². The Hall–Kier alpha value is -1.68. The predicted octanol–water partition coefficient (Wildman–Crippen LogP) is 3.64. The first-order valence-corrected chi connectivity index (χ1v) is 7.70. The van der Waals surface area contributed by atoms with E-state index in [1.807, 2.05) is 49.4 Å². The van der Waals surface area contributed by atoms with E-state index in [1.54, 1.807) is 11.1 Å². The lowest BCUT2D eigenvalue weighted by Crippen LogP contribution is -2.30. The van der Waals surface area contributed by atoms with Crippen LogP contribution < -0.4 is 0 Å². The van der Waals surface area contributed by atoms with Gasteiger partial charge in [0.1, 0.15) is 0 Å². The minimum atomic E-state index is 0.0410. The first-order valence-electron chi connectivity index (χ1n) is 6.58. The maximum atomic E-state index is 12.5. The zero-order valence-electron chi connectivity index (χ0n) is 11.4. The first kappa shape index (κ1) is 14.7. The smallest absolute Gasteiger partial charge is 0.254 e. The van der Waals surface area contributed by atoms with Crippen molar-refractivity contribution in [3.05, 3.63) is 65.5 Å². The molecule has 1 heterocycles. The Morgan fingerprint density at radius 2 is 1.95 bits per heavy atom. The minimum absolute atomic E-state index is 0.0410. The molecule has 3 nitrogen and oxygen atoms in total. The quantitative estimate of drug-likeness (QED) is 0.783. The van der Waals surface area contributed by atoms with Crippen LogP contribution >= 0.6 is 15.9 Å². The normalized spacial score (nSPS) is 10.3. The van der Waals surface area contributed by atoms with Crippen molar-refractivity contribution < 1.29 is 4.79 Å². The van der Waals surface area contributed by atoms with Gasteiger partial charge in [-0.15, -0.1) is 0 Å². The fraction of sp³-hybridized carbons (Fsp3) is 0.250. The van der Waals surface area contributed by atoms with Crippen LogP contribution in [-0.2, 0) is 11.9 Å². The molecule has 0 aliphatic rings. The highest BCUT2D eigenvalue weighted by Crippen LogP contribution is 2.12. The van der Waals surface area contributed by atoms with Gasteiger partial charge in [0.15, 0.2) is 0 Å². The van der Waals surface area contributed by atoms with E-state index >= 15 is 0 Å². The van der Waals surface area contributed by atoms with Crippen molar-refractivity contribution in [2.24, 2.45) is 0 Å². The molecule has 0 aliphatic carbocycles. The molecule has 104 valence electrons. The summed E-state index contributed by atoms with van der Waals surface area (Å²) >= 11 is 3.40. The van der Waals surface area contributed by atoms with Crippen LogP contribution in [0.2, 0.25) is 0 Å². The summed E-state index contributed by atoms with van der Waals surface area (Å²) in [7, 11) is 0. The zero-order chi connectivity index (χ0) is 14.4. The van der Waals surface area contributed by atoms with Gasteiger partial charge in [-0.2, -0.15) is 0 Å². The van der Waals surface area contributed by atoms with Crippen molar-refractivity contribution in [3.8, 4) is 0 Å². The van der Waals surface area contributed by atoms with Gasteiger partial charge in [0.05, 0.1) is 12.2 Å². The van der Waals surface area contributed by atoms with E-state index in [1.165, 1.54) is 0 Å². The largest absolute Gasteiger partial charge is 0.333 e. The highest BCUT2D eigenvalue weighted by Gasteiger charge is 2.14. The molecule has 0 atom stereocenters. The topological polar surface area (TPSA) is 33.2 Å². The number of hydrogen-bond acceptors (Lipinski definition) is 2. The molecule has 0 unspecified atom stereocenters. The number of amides is 1. The monoisotopic (exact) mass is 332 g/mol. The highest BCUT2D eigenvalue weighted by atomic mass is 79.9. The van der Waals surface area contributed by atoms with Gasteiger partial charge in [-0.05, 0) is 36.8 Å². The van der Waals surface area contributed by atoms with Crippen LogP contribution in [0.5, 0.6) is 0 Å². The van der Waals surface area contributed by atoms with E-state index in [-0.39, 0.29) is 5.91 Å². The van der Waals surface area contributed by atoms with Gasteiger partial charge in [-0.1, -0.05) is 34.1 Å². The van der Waals surface area contributed by atoms with Gasteiger partial charge >= 0.3 is 0 Å². The Bertz CT molecular complexity index is 554. The minimum Gasteiger partial charge on any atom is -0.333 e. The molecule has 1 aromatic carbocycles. The van der Waals surface area contributed by atoms with Crippen LogP contribution in [0.3, 0.4) is 0 Å². The Balaban J connectivity index is 2.12. The number of nitrogens with zero attached hydrogens (tertiary/aromatic N) is 2. The number of benzene rings is 1. The molecule has 0 bridgehead atoms. The second kappa shape index (κ2) is 7.20. The number of pyridine rings is 1. The van der Waals surface area contributed by atoms with E-state index in [0.717, 1.165) is 16.6 Å². The molecule has 20 heavy (non-hydrogen) atoms. The number of carbonyl (C=O) groups is 1. The van der Waals surface area contributed by atoms with E-state index in [2.05, 4.69) is 20.9 Å². The molecular weight excluding hydrogens is 316 g/mol. The average molecular weight is 333 g/mol. The molecule has 0 radical (unpaired) electrons. The molecule has 0 fully saturated rings. The molecule has 0 saturated carbocycles. The summed E-state index contributed by atoms with van der Waals surface area (Å²) in [6, 6.07) is 13.4. The SMILES string of the molecule is CCN(Cc1ccccn1)C(=O)c1ccc(CBr)cc1. The van der Waals surface area contributed by atoms with Crippen molar-refractivity contribution >= 4 is 21.8 Å². The van der Waals surface area contributed by atoms with Crippen LogP contribution in [0, 0.1) is 0 Å². The van der Waals surface area contributed by atoms with Crippen molar-refractivity contribution in [3.63, 3.8) is 0 Å². The molecule has 1 amide bonds. The van der Waals surface area contributed by atoms with Crippen molar-refractivity contribution in [1.82, 2.24) is 9.88 Å². The van der Waals surface area contributed by atoms with Gasteiger partial charge in [0.25, 0.3) is 5.91 Å². The fourth-order valence-electron chi connectivity index (χ4n) is 1.93. The summed E-state index contributed by atoms with van der Waals surface area (Å²) in [5.41, 5.74) is 2.78. The lowest BCUT2D eigenvalue weighted by Gasteiger charge is -2.20. The standard InChI is InChI=1S/C16H17BrN2O/c1-2-19(12-15-5-3-4-10-18-15)16(20)14-8-6-13(11-17)7-9-14/h3-10H,2,11-12H2,1H3. The molecule has 4 heteroatoms. The second-order valence-electron chi connectivity index (χ2n) is 4.47. The second-order valence-corrected chi connectivity index (χ2v) is 5.03. The van der Waals surface area contributed by atoms with Crippen LogP contribution in [-0.4, -0.2) is 22.3 Å². The molecule has 1 aromatic heterocycles. The van der Waals surface area contributed by atoms with Crippen molar-refractivity contribution in [2.45, 2.75) is 18.8 Å². The number of halogens is 1. The molecule has 0 spiro atoms. The molecule has 2 aromatic rings. The average Bonchev–Trinajstić information content (AvgIpc) is 2.53. The Labute approximate surface area is 127 Å². The Kier molecular flexibility index (Phi) is 5.30. The van der Waals surface area contributed by atoms with E-state index in [4.69, 9.17) is 0 Å². The summed E-state index contributed by atoms with van der Waals surface area (Å²) < 4.78 is 0. The predicted molar refractivity (Wildman–Crippen MR) is 83.7 cm³/mol. The lowest BCUT2D eigenvalue weighted by molar-refractivity contribution is 0.0750. The maximum absolute atomic E-state index is 12.5. The maximum Gasteiger partial charge on any atom is 0.254 e. The Morgan fingerprint density at radius 3 is 2.50 bits per heavy atom. The molecule has 2 rings (SSSR count). The third-order valence-electron chi connectivity index (χ3n) is 3.10. The number of rotatable bonds is 5. The van der Waals surface area contributed by atoms with Gasteiger partial charge in [0.2, 0.25) is 0 Å². The highest BCUT2D eigenvalue weighted by molar-refractivity contribution is 9.08. The lowest BCUT2D eigenvalue weighted by atomic mass is 10.1. The van der Waals surface area contributed by atoms with Gasteiger partial charge in [-0.25, -0.2) is 0 Å². The van der Waals surface area contributed by atoms with Crippen molar-refractivity contribution in [1.29, 1.82) is 0 Å². The van der Waals surface area contributed by atoms with Gasteiger partial charge in [-0.3, -0.25) is 9.78 Å².